The summed E-state index contributed by atoms with van der Waals surface area (Å²) in [5, 5.41) is 0. The van der Waals surface area contributed by atoms with Crippen molar-refractivity contribution in [2.45, 2.75) is 57.6 Å². The van der Waals surface area contributed by atoms with Crippen LogP contribution in [0.2, 0.25) is 0 Å². The number of rotatable bonds is 1. The summed E-state index contributed by atoms with van der Waals surface area (Å²) >= 11 is 4.68. The molecule has 0 amide bonds. The van der Waals surface area contributed by atoms with Gasteiger partial charge in [-0.05, 0) is 18.3 Å². The number of hydrogen-bond acceptors (Lipinski definition) is 1. The molecule has 0 N–H and O–H groups in total. The van der Waals surface area contributed by atoms with Gasteiger partial charge >= 0.3 is 0 Å². The topological polar surface area (TPSA) is 0 Å². The van der Waals surface area contributed by atoms with Crippen molar-refractivity contribution in [3.05, 3.63) is 0 Å². The molecular weight excluding hydrogens is 152 g/mol. The third-order valence-electron chi connectivity index (χ3n) is 3.43. The fraction of sp³-hybridized carbons (Fsp3) is 1.00. The summed E-state index contributed by atoms with van der Waals surface area (Å²) in [6.07, 6.45) is 6.97. The predicted octanol–water partition coefficient (Wildman–Crippen LogP) is 3.67. The Kier molecular flexibility index (Phi) is 2.58. The highest BCUT2D eigenvalue weighted by Gasteiger charge is 2.38. The molecule has 1 rings (SSSR count). The lowest BCUT2D eigenvalue weighted by atomic mass is 9.68. The van der Waals surface area contributed by atoms with Crippen molar-refractivity contribution in [2.24, 2.45) is 5.41 Å². The highest BCUT2D eigenvalue weighted by atomic mass is 32.1. The molecule has 0 heterocycles. The van der Waals surface area contributed by atoms with Crippen LogP contribution in [0.15, 0.2) is 0 Å². The second-order valence-electron chi connectivity index (χ2n) is 4.68. The first-order valence-corrected chi connectivity index (χ1v) is 5.13. The molecule has 11 heavy (non-hydrogen) atoms. The van der Waals surface area contributed by atoms with Crippen LogP contribution in [-0.2, 0) is 0 Å². The Bertz CT molecular complexity index is 126. The minimum Gasteiger partial charge on any atom is -0.173 e. The first kappa shape index (κ1) is 9.44. The lowest BCUT2D eigenvalue weighted by molar-refractivity contribution is 0.168. The van der Waals surface area contributed by atoms with Crippen molar-refractivity contribution in [1.82, 2.24) is 0 Å². The van der Waals surface area contributed by atoms with Gasteiger partial charge in [0, 0.05) is 4.75 Å². The summed E-state index contributed by atoms with van der Waals surface area (Å²) in [5.74, 6) is 0. The molecule has 1 heteroatoms. The van der Waals surface area contributed by atoms with Gasteiger partial charge in [0.1, 0.15) is 0 Å². The summed E-state index contributed by atoms with van der Waals surface area (Å²) in [6.45, 7) is 6.89. The molecule has 66 valence electrons. The molecule has 0 saturated heterocycles. The molecule has 1 aliphatic rings. The molecule has 0 radical (unpaired) electrons. The van der Waals surface area contributed by atoms with Gasteiger partial charge < -0.3 is 0 Å². The summed E-state index contributed by atoms with van der Waals surface area (Å²) in [6, 6.07) is 0. The van der Waals surface area contributed by atoms with Gasteiger partial charge in [0.2, 0.25) is 0 Å². The van der Waals surface area contributed by atoms with Crippen LogP contribution in [0.5, 0.6) is 0 Å². The zero-order chi connectivity index (χ0) is 8.54. The maximum Gasteiger partial charge on any atom is 0.0127 e. The van der Waals surface area contributed by atoms with E-state index in [-0.39, 0.29) is 4.75 Å². The van der Waals surface area contributed by atoms with Crippen LogP contribution in [0.4, 0.5) is 0 Å². The second-order valence-corrected chi connectivity index (χ2v) is 5.80. The SMILES string of the molecule is CC(C)(S)C1(C)CCCCC1. The smallest absolute Gasteiger partial charge is 0.0127 e. The Balaban J connectivity index is 2.64. The molecule has 1 fully saturated rings. The fourth-order valence-corrected chi connectivity index (χ4v) is 2.17. The van der Waals surface area contributed by atoms with E-state index in [1.54, 1.807) is 0 Å². The summed E-state index contributed by atoms with van der Waals surface area (Å²) in [4.78, 5) is 0. The molecule has 0 nitrogen and oxygen atoms in total. The molecule has 0 bridgehead atoms. The van der Waals surface area contributed by atoms with E-state index in [0.29, 0.717) is 5.41 Å². The molecule has 1 saturated carbocycles. The summed E-state index contributed by atoms with van der Waals surface area (Å²) in [5.41, 5.74) is 0.481. The standard InChI is InChI=1S/C10H20S/c1-9(2,11)10(3)7-5-4-6-8-10/h11H,4-8H2,1-3H3. The maximum atomic E-state index is 4.68. The van der Waals surface area contributed by atoms with Crippen LogP contribution in [0, 0.1) is 5.41 Å². The molecular formula is C10H20S. The van der Waals surface area contributed by atoms with E-state index in [1.807, 2.05) is 0 Å². The maximum absolute atomic E-state index is 4.68. The van der Waals surface area contributed by atoms with Crippen molar-refractivity contribution < 1.29 is 0 Å². The highest BCUT2D eigenvalue weighted by molar-refractivity contribution is 7.81. The Morgan fingerprint density at radius 1 is 1.09 bits per heavy atom. The molecule has 0 spiro atoms. The van der Waals surface area contributed by atoms with Crippen molar-refractivity contribution in [3.8, 4) is 0 Å². The Morgan fingerprint density at radius 3 is 1.82 bits per heavy atom. The van der Waals surface area contributed by atoms with Crippen LogP contribution in [0.3, 0.4) is 0 Å². The van der Waals surface area contributed by atoms with E-state index >= 15 is 0 Å². The Hall–Kier alpha value is 0.350. The quantitative estimate of drug-likeness (QED) is 0.573. The van der Waals surface area contributed by atoms with E-state index in [9.17, 15) is 0 Å². The second kappa shape index (κ2) is 3.01. The predicted molar refractivity (Wildman–Crippen MR) is 54.3 cm³/mol. The van der Waals surface area contributed by atoms with Crippen LogP contribution >= 0.6 is 12.6 Å². The van der Waals surface area contributed by atoms with Crippen LogP contribution in [0.25, 0.3) is 0 Å². The molecule has 1 aliphatic carbocycles. The minimum absolute atomic E-state index is 0.202. The van der Waals surface area contributed by atoms with Gasteiger partial charge in [0.25, 0.3) is 0 Å². The van der Waals surface area contributed by atoms with E-state index in [1.165, 1.54) is 32.1 Å². The molecule has 0 aromatic carbocycles. The van der Waals surface area contributed by atoms with Crippen molar-refractivity contribution in [3.63, 3.8) is 0 Å². The minimum atomic E-state index is 0.202. The van der Waals surface area contributed by atoms with Gasteiger partial charge in [-0.2, -0.15) is 12.6 Å². The molecule has 0 atom stereocenters. The van der Waals surface area contributed by atoms with E-state index in [0.717, 1.165) is 0 Å². The molecule has 0 aromatic heterocycles. The van der Waals surface area contributed by atoms with Gasteiger partial charge in [0.05, 0.1) is 0 Å². The van der Waals surface area contributed by atoms with Gasteiger partial charge in [-0.3, -0.25) is 0 Å². The lowest BCUT2D eigenvalue weighted by Crippen LogP contribution is -2.38. The largest absolute Gasteiger partial charge is 0.173 e. The number of thiol groups is 1. The Labute approximate surface area is 76.2 Å². The average molecular weight is 172 g/mol. The first-order chi connectivity index (χ1) is 4.96. The van der Waals surface area contributed by atoms with Gasteiger partial charge in [-0.25, -0.2) is 0 Å². The van der Waals surface area contributed by atoms with E-state index in [4.69, 9.17) is 0 Å². The molecule has 0 aliphatic heterocycles. The Morgan fingerprint density at radius 2 is 1.55 bits per heavy atom. The number of hydrogen-bond donors (Lipinski definition) is 1. The summed E-state index contributed by atoms with van der Waals surface area (Å²) < 4.78 is 0.202. The normalized spacial score (nSPS) is 25.1. The third kappa shape index (κ3) is 1.93. The van der Waals surface area contributed by atoms with Gasteiger partial charge in [-0.15, -0.1) is 0 Å². The van der Waals surface area contributed by atoms with Crippen molar-refractivity contribution in [1.29, 1.82) is 0 Å². The zero-order valence-corrected chi connectivity index (χ0v) is 8.88. The fourth-order valence-electron chi connectivity index (χ4n) is 1.94. The molecule has 0 aromatic rings. The van der Waals surface area contributed by atoms with Crippen molar-refractivity contribution >= 4 is 12.6 Å². The van der Waals surface area contributed by atoms with Crippen molar-refractivity contribution in [2.75, 3.05) is 0 Å². The monoisotopic (exact) mass is 172 g/mol. The average Bonchev–Trinajstić information content (AvgIpc) is 1.87. The van der Waals surface area contributed by atoms with Gasteiger partial charge in [0.15, 0.2) is 0 Å². The summed E-state index contributed by atoms with van der Waals surface area (Å²) in [7, 11) is 0. The van der Waals surface area contributed by atoms with Crippen LogP contribution in [-0.4, -0.2) is 4.75 Å². The first-order valence-electron chi connectivity index (χ1n) is 4.68. The van der Waals surface area contributed by atoms with E-state index < -0.39 is 0 Å². The van der Waals surface area contributed by atoms with Gasteiger partial charge in [-0.1, -0.05) is 40.0 Å². The lowest BCUT2D eigenvalue weighted by Gasteiger charge is -2.44. The highest BCUT2D eigenvalue weighted by Crippen LogP contribution is 2.47. The third-order valence-corrected chi connectivity index (χ3v) is 3.97. The van der Waals surface area contributed by atoms with Crippen LogP contribution in [0.1, 0.15) is 52.9 Å². The zero-order valence-electron chi connectivity index (χ0n) is 7.98. The molecule has 0 unspecified atom stereocenters. The van der Waals surface area contributed by atoms with E-state index in [2.05, 4.69) is 33.4 Å². The van der Waals surface area contributed by atoms with Crippen LogP contribution < -0.4 is 0 Å².